The van der Waals surface area contributed by atoms with Gasteiger partial charge in [0.25, 0.3) is 5.89 Å². The van der Waals surface area contributed by atoms with Crippen molar-refractivity contribution in [2.24, 2.45) is 0 Å². The molecule has 0 spiro atoms. The van der Waals surface area contributed by atoms with Crippen LogP contribution in [0.3, 0.4) is 0 Å². The van der Waals surface area contributed by atoms with Crippen molar-refractivity contribution < 1.29 is 17.7 Å². The van der Waals surface area contributed by atoms with Crippen molar-refractivity contribution in [2.75, 3.05) is 0 Å². The van der Waals surface area contributed by atoms with Crippen LogP contribution in [-0.4, -0.2) is 10.1 Å². The Kier molecular flexibility index (Phi) is 5.26. The minimum absolute atomic E-state index is 0.0386. The van der Waals surface area contributed by atoms with E-state index < -0.39 is 11.7 Å². The molecule has 0 amide bonds. The van der Waals surface area contributed by atoms with E-state index in [0.29, 0.717) is 11.4 Å². The molecule has 0 fully saturated rings. The van der Waals surface area contributed by atoms with Crippen LogP contribution in [0.2, 0.25) is 0 Å². The highest BCUT2D eigenvalue weighted by molar-refractivity contribution is 5.72. The van der Waals surface area contributed by atoms with Crippen molar-refractivity contribution in [3.05, 3.63) is 109 Å². The minimum Gasteiger partial charge on any atom is -0.334 e. The minimum atomic E-state index is -4.44. The normalized spacial score (nSPS) is 11.5. The smallest absolute Gasteiger partial charge is 0.334 e. The lowest BCUT2D eigenvalue weighted by Gasteiger charge is -2.06. The van der Waals surface area contributed by atoms with Crippen LogP contribution in [0.25, 0.3) is 45.1 Å². The number of hydrogen-bond acceptors (Lipinski definition) is 3. The van der Waals surface area contributed by atoms with Gasteiger partial charge < -0.3 is 4.52 Å². The molecule has 162 valence electrons. The van der Waals surface area contributed by atoms with Gasteiger partial charge in [0.15, 0.2) is 0 Å². The molecule has 5 rings (SSSR count). The second-order valence-electron chi connectivity index (χ2n) is 7.52. The van der Waals surface area contributed by atoms with Gasteiger partial charge in [0, 0.05) is 11.1 Å². The molecule has 0 bridgehead atoms. The maximum atomic E-state index is 13.0. The summed E-state index contributed by atoms with van der Waals surface area (Å²) in [6.45, 7) is 0. The zero-order valence-electron chi connectivity index (χ0n) is 17.3. The second-order valence-corrected chi connectivity index (χ2v) is 7.52. The monoisotopic (exact) mass is 442 g/mol. The van der Waals surface area contributed by atoms with Crippen molar-refractivity contribution in [1.82, 2.24) is 10.1 Å². The van der Waals surface area contributed by atoms with Crippen molar-refractivity contribution in [2.45, 2.75) is 6.18 Å². The van der Waals surface area contributed by atoms with Gasteiger partial charge >= 0.3 is 6.18 Å². The fourth-order valence-electron chi connectivity index (χ4n) is 3.58. The average molecular weight is 442 g/mol. The summed E-state index contributed by atoms with van der Waals surface area (Å²) in [5.74, 6) is 0.352. The molecule has 0 unspecified atom stereocenters. The number of hydrogen-bond donors (Lipinski definition) is 0. The SMILES string of the molecule is FC(F)(F)c1cccc(-c2nc(-c3ccc(-c4ccc(-c5ccccc5)cc4)cc3)no2)c1. The van der Waals surface area contributed by atoms with Gasteiger partial charge in [-0.1, -0.05) is 90.1 Å². The molecule has 0 radical (unpaired) electrons. The van der Waals surface area contributed by atoms with Crippen molar-refractivity contribution >= 4 is 0 Å². The van der Waals surface area contributed by atoms with E-state index in [4.69, 9.17) is 4.52 Å². The van der Waals surface area contributed by atoms with E-state index in [1.165, 1.54) is 12.1 Å². The van der Waals surface area contributed by atoms with Gasteiger partial charge in [-0.2, -0.15) is 18.2 Å². The first-order valence-corrected chi connectivity index (χ1v) is 10.2. The topological polar surface area (TPSA) is 38.9 Å². The molecule has 5 aromatic rings. The first kappa shape index (κ1) is 20.7. The molecule has 0 N–H and O–H groups in total. The molecule has 0 aliphatic carbocycles. The lowest BCUT2D eigenvalue weighted by Crippen LogP contribution is -2.04. The van der Waals surface area contributed by atoms with E-state index >= 15 is 0 Å². The highest BCUT2D eigenvalue weighted by atomic mass is 19.4. The van der Waals surface area contributed by atoms with Crippen molar-refractivity contribution in [1.29, 1.82) is 0 Å². The Balaban J connectivity index is 1.36. The first-order chi connectivity index (χ1) is 16.0. The Hall–Kier alpha value is -4.19. The quantitative estimate of drug-likeness (QED) is 0.286. The Morgan fingerprint density at radius 3 is 1.64 bits per heavy atom. The molecule has 1 aromatic heterocycles. The fourth-order valence-corrected chi connectivity index (χ4v) is 3.58. The summed E-state index contributed by atoms with van der Waals surface area (Å²) in [6, 6.07) is 30.9. The molecular formula is C27H17F3N2O. The number of halogens is 3. The number of rotatable bonds is 4. The fraction of sp³-hybridized carbons (Fsp3) is 0.0370. The molecule has 1 heterocycles. The van der Waals surface area contributed by atoms with Gasteiger partial charge in [0.2, 0.25) is 5.82 Å². The van der Waals surface area contributed by atoms with E-state index in [0.717, 1.165) is 34.4 Å². The van der Waals surface area contributed by atoms with Crippen LogP contribution in [0.15, 0.2) is 108 Å². The Bertz CT molecular complexity index is 1370. The Labute approximate surface area is 188 Å². The predicted molar refractivity (Wildman–Crippen MR) is 121 cm³/mol. The first-order valence-electron chi connectivity index (χ1n) is 10.2. The van der Waals surface area contributed by atoms with E-state index in [2.05, 4.69) is 46.5 Å². The summed E-state index contributed by atoms with van der Waals surface area (Å²) < 4.78 is 44.1. The average Bonchev–Trinajstić information content (AvgIpc) is 3.35. The molecule has 33 heavy (non-hydrogen) atoms. The van der Waals surface area contributed by atoms with E-state index in [1.807, 2.05) is 42.5 Å². The maximum Gasteiger partial charge on any atom is 0.416 e. The molecule has 0 atom stereocenters. The predicted octanol–water partition coefficient (Wildman–Crippen LogP) is 7.76. The number of benzene rings is 4. The lowest BCUT2D eigenvalue weighted by molar-refractivity contribution is -0.137. The van der Waals surface area contributed by atoms with Crippen LogP contribution < -0.4 is 0 Å². The molecular weight excluding hydrogens is 425 g/mol. The molecule has 0 aliphatic heterocycles. The standard InChI is InChI=1S/C27H17F3N2O/c28-27(29,30)24-8-4-7-23(17-24)26-31-25(32-33-26)22-15-13-21(14-16-22)20-11-9-19(10-12-20)18-5-2-1-3-6-18/h1-17H. The molecule has 3 nitrogen and oxygen atoms in total. The summed E-state index contributed by atoms with van der Waals surface area (Å²) in [5.41, 5.74) is 4.57. The molecule has 4 aromatic carbocycles. The molecule has 0 saturated carbocycles. The van der Waals surface area contributed by atoms with Crippen molar-refractivity contribution in [3.63, 3.8) is 0 Å². The maximum absolute atomic E-state index is 13.0. The molecule has 0 aliphatic rings. The van der Waals surface area contributed by atoms with Gasteiger partial charge in [-0.25, -0.2) is 0 Å². The van der Waals surface area contributed by atoms with E-state index in [-0.39, 0.29) is 11.5 Å². The Morgan fingerprint density at radius 2 is 1.06 bits per heavy atom. The lowest BCUT2D eigenvalue weighted by atomic mass is 9.99. The van der Waals surface area contributed by atoms with Gasteiger partial charge in [-0.05, 0) is 40.5 Å². The van der Waals surface area contributed by atoms with Gasteiger partial charge in [0.05, 0.1) is 5.56 Å². The second kappa shape index (κ2) is 8.39. The van der Waals surface area contributed by atoms with Gasteiger partial charge in [0.1, 0.15) is 0 Å². The number of aromatic nitrogens is 2. The van der Waals surface area contributed by atoms with Crippen molar-refractivity contribution in [3.8, 4) is 45.1 Å². The third kappa shape index (κ3) is 4.41. The van der Waals surface area contributed by atoms with Gasteiger partial charge in [-0.3, -0.25) is 0 Å². The molecule has 6 heteroatoms. The van der Waals surface area contributed by atoms with Crippen LogP contribution in [0, 0.1) is 0 Å². The number of nitrogens with zero attached hydrogens (tertiary/aromatic N) is 2. The zero-order valence-corrected chi connectivity index (χ0v) is 17.3. The zero-order chi connectivity index (χ0) is 22.8. The van der Waals surface area contributed by atoms with E-state index in [9.17, 15) is 13.2 Å². The largest absolute Gasteiger partial charge is 0.416 e. The highest BCUT2D eigenvalue weighted by Gasteiger charge is 2.30. The third-order valence-corrected chi connectivity index (χ3v) is 5.33. The highest BCUT2D eigenvalue weighted by Crippen LogP contribution is 2.32. The Morgan fingerprint density at radius 1 is 0.545 bits per heavy atom. The third-order valence-electron chi connectivity index (χ3n) is 5.33. The molecule has 0 saturated heterocycles. The van der Waals surface area contributed by atoms with Crippen LogP contribution in [0.5, 0.6) is 0 Å². The van der Waals surface area contributed by atoms with E-state index in [1.54, 1.807) is 0 Å². The van der Waals surface area contributed by atoms with Gasteiger partial charge in [-0.15, -0.1) is 0 Å². The summed E-state index contributed by atoms with van der Waals surface area (Å²) in [5, 5.41) is 3.93. The van der Waals surface area contributed by atoms with Crippen LogP contribution in [-0.2, 0) is 6.18 Å². The van der Waals surface area contributed by atoms with Crippen LogP contribution in [0.1, 0.15) is 5.56 Å². The summed E-state index contributed by atoms with van der Waals surface area (Å²) in [4.78, 5) is 4.28. The number of alkyl halides is 3. The summed E-state index contributed by atoms with van der Waals surface area (Å²) in [7, 11) is 0. The van der Waals surface area contributed by atoms with Crippen LogP contribution in [0.4, 0.5) is 13.2 Å². The van der Waals surface area contributed by atoms with Crippen LogP contribution >= 0.6 is 0 Å². The summed E-state index contributed by atoms with van der Waals surface area (Å²) in [6.07, 6.45) is -4.44. The summed E-state index contributed by atoms with van der Waals surface area (Å²) >= 11 is 0.